The van der Waals surface area contributed by atoms with Crippen molar-refractivity contribution in [3.63, 3.8) is 0 Å². The van der Waals surface area contributed by atoms with Gasteiger partial charge in [0.25, 0.3) is 0 Å². The lowest BCUT2D eigenvalue weighted by atomic mass is 10.4. The van der Waals surface area contributed by atoms with Gasteiger partial charge in [-0.2, -0.15) is 0 Å². The Kier molecular flexibility index (Phi) is 8.92. The first-order valence-corrected chi connectivity index (χ1v) is 8.57. The molecule has 0 atom stereocenters. The van der Waals surface area contributed by atoms with E-state index in [9.17, 15) is 4.89 Å². The van der Waals surface area contributed by atoms with E-state index in [1.54, 1.807) is 0 Å². The van der Waals surface area contributed by atoms with Crippen molar-refractivity contribution in [2.45, 2.75) is 59.3 Å². The molecule has 0 bridgehead atoms. The van der Waals surface area contributed by atoms with Gasteiger partial charge in [0.15, 0.2) is 0 Å². The van der Waals surface area contributed by atoms with Crippen LogP contribution >= 0.6 is 7.49 Å². The summed E-state index contributed by atoms with van der Waals surface area (Å²) in [7, 11) is -1.52. The number of hydrogen-bond acceptors (Lipinski definition) is 1. The largest absolute Gasteiger partial charge is 0.380 e. The van der Waals surface area contributed by atoms with Gasteiger partial charge in [0, 0.05) is 0 Å². The molecule has 0 aromatic heterocycles. The van der Waals surface area contributed by atoms with E-state index in [1.807, 2.05) is 0 Å². The van der Waals surface area contributed by atoms with Crippen LogP contribution < -0.4 is 0 Å². The molecule has 0 rings (SSSR count). The van der Waals surface area contributed by atoms with Crippen LogP contribution in [-0.4, -0.2) is 23.4 Å². The minimum atomic E-state index is -1.52. The highest BCUT2D eigenvalue weighted by molar-refractivity contribution is 7.70. The van der Waals surface area contributed by atoms with Crippen LogP contribution in [-0.2, 0) is 0 Å². The fourth-order valence-electron chi connectivity index (χ4n) is 1.69. The predicted octanol–water partition coefficient (Wildman–Crippen LogP) is 4.31. The normalized spacial score (nSPS) is 12.0. The van der Waals surface area contributed by atoms with Crippen LogP contribution in [0.3, 0.4) is 0 Å². The van der Waals surface area contributed by atoms with Crippen LogP contribution in [0, 0.1) is 0 Å². The van der Waals surface area contributed by atoms with E-state index in [2.05, 4.69) is 20.8 Å². The summed E-state index contributed by atoms with van der Waals surface area (Å²) < 4.78 is 0. The molecule has 14 heavy (non-hydrogen) atoms. The summed E-state index contributed by atoms with van der Waals surface area (Å²) in [4.78, 5) is 10.5. The van der Waals surface area contributed by atoms with Crippen LogP contribution in [0.15, 0.2) is 0 Å². The lowest BCUT2D eigenvalue weighted by molar-refractivity contribution is 0.581. The average Bonchev–Trinajstić information content (AvgIpc) is 2.21. The first kappa shape index (κ1) is 14.4. The third-order valence-electron chi connectivity index (χ3n) is 2.78. The lowest BCUT2D eigenvalue weighted by Gasteiger charge is -2.30. The van der Waals surface area contributed by atoms with E-state index in [4.69, 9.17) is 0 Å². The first-order chi connectivity index (χ1) is 6.68. The molecule has 0 amide bonds. The quantitative estimate of drug-likeness (QED) is 0.573. The van der Waals surface area contributed by atoms with E-state index in [0.29, 0.717) is 0 Å². The maximum absolute atomic E-state index is 10.5. The Morgan fingerprint density at radius 2 is 1.00 bits per heavy atom. The van der Waals surface area contributed by atoms with Gasteiger partial charge in [-0.25, -0.2) is 0 Å². The fraction of sp³-hybridized carbons (Fsp3) is 1.00. The second kappa shape index (κ2) is 8.68. The molecular formula is C12H28OP. The van der Waals surface area contributed by atoms with Crippen LogP contribution in [0.4, 0.5) is 0 Å². The SMILES string of the molecule is CCCC[P](O)(CCCC)CCCC. The van der Waals surface area contributed by atoms with E-state index in [0.717, 1.165) is 18.5 Å². The summed E-state index contributed by atoms with van der Waals surface area (Å²) in [5, 5.41) is 0. The van der Waals surface area contributed by atoms with Gasteiger partial charge in [0.05, 0.1) is 0 Å². The summed E-state index contributed by atoms with van der Waals surface area (Å²) in [5.41, 5.74) is 0. The highest BCUT2D eigenvalue weighted by atomic mass is 31.2. The van der Waals surface area contributed by atoms with Gasteiger partial charge in [-0.3, -0.25) is 0 Å². The smallest absolute Gasteiger partial charge is 0.0137 e. The monoisotopic (exact) mass is 219 g/mol. The zero-order chi connectivity index (χ0) is 10.9. The molecule has 0 aliphatic rings. The molecule has 0 aliphatic carbocycles. The first-order valence-electron chi connectivity index (χ1n) is 6.27. The molecule has 1 radical (unpaired) electrons. The molecule has 0 spiro atoms. The number of hydrogen-bond donors (Lipinski definition) is 1. The van der Waals surface area contributed by atoms with E-state index >= 15 is 0 Å². The molecule has 0 aromatic rings. The lowest BCUT2D eigenvalue weighted by Crippen LogP contribution is -2.07. The highest BCUT2D eigenvalue weighted by Gasteiger charge is 2.21. The minimum Gasteiger partial charge on any atom is -0.380 e. The summed E-state index contributed by atoms with van der Waals surface area (Å²) >= 11 is 0. The molecule has 0 saturated carbocycles. The molecule has 1 nitrogen and oxygen atoms in total. The Morgan fingerprint density at radius 3 is 1.21 bits per heavy atom. The van der Waals surface area contributed by atoms with Crippen molar-refractivity contribution < 1.29 is 4.89 Å². The number of unbranched alkanes of at least 4 members (excludes halogenated alkanes) is 3. The van der Waals surface area contributed by atoms with Crippen LogP contribution in [0.1, 0.15) is 59.3 Å². The third-order valence-corrected chi connectivity index (χ3v) is 6.23. The van der Waals surface area contributed by atoms with Crippen LogP contribution in [0.2, 0.25) is 0 Å². The molecule has 0 fully saturated rings. The van der Waals surface area contributed by atoms with Gasteiger partial charge in [0.1, 0.15) is 0 Å². The van der Waals surface area contributed by atoms with Gasteiger partial charge < -0.3 is 4.89 Å². The van der Waals surface area contributed by atoms with E-state index in [-0.39, 0.29) is 0 Å². The minimum absolute atomic E-state index is 1.11. The molecule has 0 aliphatic heterocycles. The Hall–Kier alpha value is 0.390. The van der Waals surface area contributed by atoms with Crippen LogP contribution in [0.5, 0.6) is 0 Å². The van der Waals surface area contributed by atoms with Gasteiger partial charge in [-0.1, -0.05) is 40.0 Å². The summed E-state index contributed by atoms with van der Waals surface area (Å²) in [6, 6.07) is 0. The van der Waals surface area contributed by atoms with Gasteiger partial charge >= 0.3 is 0 Å². The van der Waals surface area contributed by atoms with Crippen molar-refractivity contribution in [1.29, 1.82) is 0 Å². The maximum atomic E-state index is 10.5. The van der Waals surface area contributed by atoms with Crippen molar-refractivity contribution in [2.75, 3.05) is 18.5 Å². The fourth-order valence-corrected chi connectivity index (χ4v) is 5.08. The summed E-state index contributed by atoms with van der Waals surface area (Å²) in [6.45, 7) is 6.64. The topological polar surface area (TPSA) is 20.2 Å². The Morgan fingerprint density at radius 1 is 0.714 bits per heavy atom. The Balaban J connectivity index is 3.89. The molecule has 2 heteroatoms. The van der Waals surface area contributed by atoms with Gasteiger partial charge in [-0.15, -0.1) is 0 Å². The molecule has 0 aromatic carbocycles. The highest BCUT2D eigenvalue weighted by Crippen LogP contribution is 2.56. The van der Waals surface area contributed by atoms with Crippen molar-refractivity contribution in [1.82, 2.24) is 0 Å². The standard InChI is InChI=1S/C12H28OP/c1-4-7-10-14(13,11-8-5-2)12-9-6-3/h13H,4-12H2,1-3H3. The van der Waals surface area contributed by atoms with E-state index < -0.39 is 7.49 Å². The number of rotatable bonds is 9. The van der Waals surface area contributed by atoms with E-state index in [1.165, 1.54) is 38.5 Å². The molecule has 0 unspecified atom stereocenters. The Labute approximate surface area is 90.7 Å². The van der Waals surface area contributed by atoms with Crippen molar-refractivity contribution in [2.24, 2.45) is 0 Å². The van der Waals surface area contributed by atoms with Crippen molar-refractivity contribution >= 4 is 7.49 Å². The van der Waals surface area contributed by atoms with Crippen molar-refractivity contribution in [3.8, 4) is 0 Å². The molecule has 1 N–H and O–H groups in total. The second-order valence-electron chi connectivity index (χ2n) is 4.33. The second-order valence-corrected chi connectivity index (χ2v) is 7.86. The maximum Gasteiger partial charge on any atom is -0.0137 e. The predicted molar refractivity (Wildman–Crippen MR) is 68.5 cm³/mol. The average molecular weight is 219 g/mol. The molecule has 0 heterocycles. The molecular weight excluding hydrogens is 191 g/mol. The molecule has 0 saturated heterocycles. The zero-order valence-corrected chi connectivity index (χ0v) is 11.2. The third kappa shape index (κ3) is 6.79. The summed E-state index contributed by atoms with van der Waals surface area (Å²) in [5.74, 6) is 0. The van der Waals surface area contributed by atoms with Gasteiger partial charge in [-0.05, 0) is 45.2 Å². The Bertz CT molecular complexity index is 104. The van der Waals surface area contributed by atoms with Crippen molar-refractivity contribution in [3.05, 3.63) is 0 Å². The molecule has 87 valence electrons. The summed E-state index contributed by atoms with van der Waals surface area (Å²) in [6.07, 6.45) is 10.7. The zero-order valence-electron chi connectivity index (χ0n) is 10.3. The van der Waals surface area contributed by atoms with Gasteiger partial charge in [0.2, 0.25) is 0 Å². The van der Waals surface area contributed by atoms with Crippen LogP contribution in [0.25, 0.3) is 0 Å².